The number of rotatable bonds is 8. The number of nitrogens with zero attached hydrogens (tertiary/aromatic N) is 5. The molecule has 1 amide bonds. The van der Waals surface area contributed by atoms with Crippen LogP contribution < -0.4 is 0 Å². The molecule has 4 aliphatic rings. The third kappa shape index (κ3) is 6.52. The van der Waals surface area contributed by atoms with E-state index in [-0.39, 0.29) is 5.91 Å². The molecule has 3 fully saturated rings. The third-order valence-corrected chi connectivity index (χ3v) is 9.56. The molecule has 39 heavy (non-hydrogen) atoms. The van der Waals surface area contributed by atoms with Gasteiger partial charge in [-0.25, -0.2) is 4.98 Å². The molecule has 3 aliphatic heterocycles. The first kappa shape index (κ1) is 26.5. The van der Waals surface area contributed by atoms with E-state index >= 15 is 0 Å². The zero-order chi connectivity index (χ0) is 26.5. The number of H-pyrrole nitrogens is 1. The number of imidazole rings is 1. The minimum atomic E-state index is 0.203. The van der Waals surface area contributed by atoms with Gasteiger partial charge in [-0.1, -0.05) is 37.5 Å². The van der Waals surface area contributed by atoms with E-state index in [9.17, 15) is 4.79 Å². The average Bonchev–Trinajstić information content (AvgIpc) is 3.69. The van der Waals surface area contributed by atoms with Crippen LogP contribution in [0, 0.1) is 5.41 Å². The van der Waals surface area contributed by atoms with Gasteiger partial charge in [-0.2, -0.15) is 0 Å². The number of hydrogen-bond donors (Lipinski definition) is 1. The normalized spacial score (nSPS) is 22.1. The first-order valence-corrected chi connectivity index (χ1v) is 15.2. The maximum absolute atomic E-state index is 13.6. The van der Waals surface area contributed by atoms with Crippen molar-refractivity contribution in [2.75, 3.05) is 32.7 Å². The Bertz CT molecular complexity index is 1140. The summed E-state index contributed by atoms with van der Waals surface area (Å²) in [6, 6.07) is 9.13. The van der Waals surface area contributed by atoms with Crippen molar-refractivity contribution in [2.24, 2.45) is 10.4 Å². The zero-order valence-corrected chi connectivity index (χ0v) is 23.4. The minimum absolute atomic E-state index is 0.203. The lowest BCUT2D eigenvalue weighted by Crippen LogP contribution is -2.53. The molecular weight excluding hydrogens is 484 g/mol. The van der Waals surface area contributed by atoms with Gasteiger partial charge in [0.1, 0.15) is 5.82 Å². The Morgan fingerprint density at radius 2 is 1.79 bits per heavy atom. The van der Waals surface area contributed by atoms with Gasteiger partial charge in [-0.05, 0) is 74.7 Å². The number of likely N-dealkylation sites (tertiary alicyclic amines) is 2. The molecule has 4 heterocycles. The first-order chi connectivity index (χ1) is 19.2. The fourth-order valence-corrected chi connectivity index (χ4v) is 7.32. The number of allylic oxidation sites excluding steroid dienone is 1. The average molecular weight is 529 g/mol. The van der Waals surface area contributed by atoms with E-state index in [1.54, 1.807) is 6.20 Å². The van der Waals surface area contributed by atoms with E-state index < -0.39 is 0 Å². The van der Waals surface area contributed by atoms with E-state index in [0.29, 0.717) is 5.41 Å². The quantitative estimate of drug-likeness (QED) is 0.497. The van der Waals surface area contributed by atoms with Crippen molar-refractivity contribution < 1.29 is 4.79 Å². The standard InChI is InChI=1S/C32H44N6O/c39-31(38-19-5-13-32(25-38)14-20-37(21-15-32)29-7-2-1-3-8-29)27-11-9-26(10-12-27)22-36(23-28-6-4-16-33-28)24-30-34-17-18-35-30/h4,9-12,16-18,29H,1-3,5-8,13-15,19-25H2,(H,34,35). The number of aliphatic imine (C=N–C) groups is 1. The van der Waals surface area contributed by atoms with Crippen molar-refractivity contribution in [2.45, 2.75) is 83.3 Å². The van der Waals surface area contributed by atoms with Crippen LogP contribution in [0.5, 0.6) is 0 Å². The van der Waals surface area contributed by atoms with Gasteiger partial charge in [0, 0.05) is 68.5 Å². The molecule has 2 saturated heterocycles. The van der Waals surface area contributed by atoms with E-state index in [0.717, 1.165) is 63.0 Å². The predicted octanol–water partition coefficient (Wildman–Crippen LogP) is 5.42. The molecule has 1 aromatic heterocycles. The van der Waals surface area contributed by atoms with Crippen LogP contribution in [0.15, 0.2) is 53.9 Å². The fourth-order valence-electron chi connectivity index (χ4n) is 7.32. The lowest BCUT2D eigenvalue weighted by atomic mass is 9.72. The van der Waals surface area contributed by atoms with Crippen LogP contribution in [-0.2, 0) is 13.1 Å². The highest BCUT2D eigenvalue weighted by molar-refractivity contribution is 5.94. The molecule has 6 rings (SSSR count). The van der Waals surface area contributed by atoms with Crippen LogP contribution in [0.4, 0.5) is 0 Å². The van der Waals surface area contributed by atoms with Crippen LogP contribution in [0.1, 0.15) is 86.0 Å². The zero-order valence-electron chi connectivity index (χ0n) is 23.4. The van der Waals surface area contributed by atoms with Crippen LogP contribution in [-0.4, -0.2) is 75.1 Å². The number of carbonyl (C=O) groups is 1. The molecule has 0 unspecified atom stereocenters. The summed E-state index contributed by atoms with van der Waals surface area (Å²) in [4.78, 5) is 33.0. The van der Waals surface area contributed by atoms with Gasteiger partial charge in [0.05, 0.1) is 6.54 Å². The molecule has 7 nitrogen and oxygen atoms in total. The van der Waals surface area contributed by atoms with Gasteiger partial charge in [0.25, 0.3) is 5.91 Å². The molecule has 1 N–H and O–H groups in total. The van der Waals surface area contributed by atoms with E-state index in [4.69, 9.17) is 0 Å². The minimum Gasteiger partial charge on any atom is -0.348 e. The van der Waals surface area contributed by atoms with Gasteiger partial charge in [-0.3, -0.25) is 14.7 Å². The number of carbonyl (C=O) groups excluding carboxylic acids is 1. The molecule has 208 valence electrons. The first-order valence-electron chi connectivity index (χ1n) is 15.2. The van der Waals surface area contributed by atoms with Gasteiger partial charge >= 0.3 is 0 Å². The van der Waals surface area contributed by atoms with Gasteiger partial charge in [0.2, 0.25) is 0 Å². The smallest absolute Gasteiger partial charge is 0.253 e. The molecule has 1 aliphatic carbocycles. The Morgan fingerprint density at radius 1 is 0.974 bits per heavy atom. The second-order valence-electron chi connectivity index (χ2n) is 12.3. The molecule has 0 atom stereocenters. The summed E-state index contributed by atoms with van der Waals surface area (Å²) in [7, 11) is 0. The highest BCUT2D eigenvalue weighted by Gasteiger charge is 2.41. The van der Waals surface area contributed by atoms with Crippen molar-refractivity contribution in [1.82, 2.24) is 24.7 Å². The highest BCUT2D eigenvalue weighted by Crippen LogP contribution is 2.41. The molecular formula is C32H44N6O. The molecule has 1 saturated carbocycles. The van der Waals surface area contributed by atoms with Crippen molar-refractivity contribution in [3.63, 3.8) is 0 Å². The number of aromatic amines is 1. The van der Waals surface area contributed by atoms with Crippen LogP contribution in [0.3, 0.4) is 0 Å². The van der Waals surface area contributed by atoms with Gasteiger partial charge in [0.15, 0.2) is 0 Å². The molecule has 1 aromatic carbocycles. The summed E-state index contributed by atoms with van der Waals surface area (Å²) in [5.41, 5.74) is 3.52. The lowest BCUT2D eigenvalue weighted by molar-refractivity contribution is 0.00656. The summed E-state index contributed by atoms with van der Waals surface area (Å²) in [5.74, 6) is 1.16. The lowest BCUT2D eigenvalue weighted by Gasteiger charge is -2.49. The molecule has 0 bridgehead atoms. The van der Waals surface area contributed by atoms with Crippen LogP contribution in [0.2, 0.25) is 0 Å². The number of piperidine rings is 2. The SMILES string of the molecule is O=C(c1ccc(CN(CC2=NC=CC2)Cc2ncc[nH]2)cc1)N1CCCC2(CCN(C3CCCCC3)CC2)C1. The molecule has 1 spiro atoms. The second kappa shape index (κ2) is 12.2. The number of benzene rings is 1. The summed E-state index contributed by atoms with van der Waals surface area (Å²) < 4.78 is 0. The van der Waals surface area contributed by atoms with Crippen molar-refractivity contribution in [1.29, 1.82) is 0 Å². The largest absolute Gasteiger partial charge is 0.348 e. The monoisotopic (exact) mass is 528 g/mol. The predicted molar refractivity (Wildman–Crippen MR) is 156 cm³/mol. The van der Waals surface area contributed by atoms with Gasteiger partial charge < -0.3 is 14.8 Å². The Balaban J connectivity index is 1.05. The summed E-state index contributed by atoms with van der Waals surface area (Å²) in [6.07, 6.45) is 20.5. The van der Waals surface area contributed by atoms with E-state index in [2.05, 4.69) is 47.9 Å². The number of hydrogen-bond acceptors (Lipinski definition) is 5. The summed E-state index contributed by atoms with van der Waals surface area (Å²) in [6.45, 7) is 6.60. The molecule has 0 radical (unpaired) electrons. The topological polar surface area (TPSA) is 67.8 Å². The highest BCUT2D eigenvalue weighted by atomic mass is 16.2. The number of nitrogens with one attached hydrogen (secondary N) is 1. The third-order valence-electron chi connectivity index (χ3n) is 9.56. The maximum atomic E-state index is 13.6. The van der Waals surface area contributed by atoms with E-state index in [1.165, 1.54) is 75.7 Å². The van der Waals surface area contributed by atoms with Crippen LogP contribution in [0.25, 0.3) is 0 Å². The fraction of sp³-hybridized carbons (Fsp3) is 0.594. The van der Waals surface area contributed by atoms with Crippen molar-refractivity contribution >= 4 is 11.6 Å². The van der Waals surface area contributed by atoms with Crippen molar-refractivity contribution in [3.8, 4) is 0 Å². The molecule has 2 aromatic rings. The van der Waals surface area contributed by atoms with E-state index in [1.807, 2.05) is 24.5 Å². The summed E-state index contributed by atoms with van der Waals surface area (Å²) in [5, 5.41) is 0. The van der Waals surface area contributed by atoms with Crippen LogP contribution >= 0.6 is 0 Å². The summed E-state index contributed by atoms with van der Waals surface area (Å²) >= 11 is 0. The number of amides is 1. The number of aromatic nitrogens is 2. The Kier molecular flexibility index (Phi) is 8.26. The van der Waals surface area contributed by atoms with Gasteiger partial charge in [-0.15, -0.1) is 0 Å². The second-order valence-corrected chi connectivity index (χ2v) is 12.3. The Morgan fingerprint density at radius 3 is 2.51 bits per heavy atom. The Labute approximate surface area is 233 Å². The molecule has 7 heteroatoms. The Hall–Kier alpha value is -2.77. The van der Waals surface area contributed by atoms with Crippen molar-refractivity contribution in [3.05, 3.63) is 65.9 Å². The maximum Gasteiger partial charge on any atom is 0.253 e.